The molecule has 0 aliphatic rings. The second-order valence-corrected chi connectivity index (χ2v) is 12.6. The summed E-state index contributed by atoms with van der Waals surface area (Å²) >= 11 is 0. The maximum Gasteiger partial charge on any atom is 0.264 e. The first-order valence-electron chi connectivity index (χ1n) is 14.6. The Morgan fingerprint density at radius 2 is 1.36 bits per heavy atom. The molecule has 0 aliphatic carbocycles. The Bertz CT molecular complexity index is 1670. The molecule has 236 valence electrons. The predicted octanol–water partition coefficient (Wildman–Crippen LogP) is 5.06. The van der Waals surface area contributed by atoms with Gasteiger partial charge in [0.05, 0.1) is 24.8 Å². The Morgan fingerprint density at radius 3 is 1.91 bits per heavy atom. The Hall–Kier alpha value is -4.83. The summed E-state index contributed by atoms with van der Waals surface area (Å²) in [6.45, 7) is 3.18. The van der Waals surface area contributed by atoms with Crippen LogP contribution in [0.3, 0.4) is 0 Å². The molecule has 0 heterocycles. The molecule has 0 spiro atoms. The van der Waals surface area contributed by atoms with Gasteiger partial charge in [-0.1, -0.05) is 78.9 Å². The van der Waals surface area contributed by atoms with E-state index in [2.05, 4.69) is 5.32 Å². The molecule has 0 fully saturated rings. The minimum Gasteiger partial charge on any atom is -0.497 e. The molecule has 0 aromatic heterocycles. The van der Waals surface area contributed by atoms with Crippen molar-refractivity contribution in [3.8, 4) is 11.5 Å². The third kappa shape index (κ3) is 8.42. The van der Waals surface area contributed by atoms with Crippen LogP contribution in [0.15, 0.2) is 114 Å². The molecular weight excluding hydrogens is 590 g/mol. The maximum atomic E-state index is 14.6. The molecule has 4 aromatic carbocycles. The lowest BCUT2D eigenvalue weighted by atomic mass is 10.0. The Labute approximate surface area is 265 Å². The summed E-state index contributed by atoms with van der Waals surface area (Å²) in [6, 6.07) is 30.2. The summed E-state index contributed by atoms with van der Waals surface area (Å²) < 4.78 is 40.4. The summed E-state index contributed by atoms with van der Waals surface area (Å²) in [7, 11) is -1.39. The van der Waals surface area contributed by atoms with Crippen molar-refractivity contribution in [1.29, 1.82) is 0 Å². The highest BCUT2D eigenvalue weighted by Gasteiger charge is 2.35. The van der Waals surface area contributed by atoms with Gasteiger partial charge in [-0.25, -0.2) is 8.42 Å². The second-order valence-electron chi connectivity index (χ2n) is 10.7. The molecule has 0 bridgehead atoms. The van der Waals surface area contributed by atoms with Gasteiger partial charge in [0.1, 0.15) is 24.1 Å². The van der Waals surface area contributed by atoms with Gasteiger partial charge in [0, 0.05) is 25.1 Å². The molecule has 0 saturated heterocycles. The molecule has 0 unspecified atom stereocenters. The molecule has 0 aliphatic heterocycles. The summed E-state index contributed by atoms with van der Waals surface area (Å²) in [5.41, 5.74) is 1.77. The molecule has 10 heteroatoms. The number of sulfonamides is 1. The lowest BCUT2D eigenvalue weighted by molar-refractivity contribution is -0.140. The fourth-order valence-corrected chi connectivity index (χ4v) is 6.38. The van der Waals surface area contributed by atoms with Crippen LogP contribution in [0.1, 0.15) is 25.0 Å². The van der Waals surface area contributed by atoms with Crippen LogP contribution in [-0.2, 0) is 32.6 Å². The molecule has 0 saturated carbocycles. The Balaban J connectivity index is 1.85. The van der Waals surface area contributed by atoms with Crippen LogP contribution in [0, 0.1) is 0 Å². The van der Waals surface area contributed by atoms with Gasteiger partial charge >= 0.3 is 0 Å². The van der Waals surface area contributed by atoms with E-state index in [1.54, 1.807) is 30.3 Å². The third-order valence-electron chi connectivity index (χ3n) is 7.16. The minimum absolute atomic E-state index is 0.00401. The number of hydrogen-bond acceptors (Lipinski definition) is 6. The number of benzene rings is 4. The van der Waals surface area contributed by atoms with Crippen molar-refractivity contribution in [3.63, 3.8) is 0 Å². The minimum atomic E-state index is -4.29. The van der Waals surface area contributed by atoms with Crippen LogP contribution < -0.4 is 19.1 Å². The lowest BCUT2D eigenvalue weighted by Crippen LogP contribution is -2.54. The summed E-state index contributed by atoms with van der Waals surface area (Å²) in [6.07, 6.45) is 0.228. The fraction of sp³-hybridized carbons (Fsp3) is 0.257. The van der Waals surface area contributed by atoms with Gasteiger partial charge in [0.2, 0.25) is 11.8 Å². The van der Waals surface area contributed by atoms with Crippen LogP contribution >= 0.6 is 0 Å². The first-order chi connectivity index (χ1) is 21.6. The van der Waals surface area contributed by atoms with Gasteiger partial charge in [0.25, 0.3) is 10.0 Å². The number of ether oxygens (including phenoxy) is 2. The number of carbonyl (C=O) groups is 2. The molecule has 4 rings (SSSR count). The van der Waals surface area contributed by atoms with Gasteiger partial charge in [-0.15, -0.1) is 0 Å². The zero-order valence-corrected chi connectivity index (χ0v) is 26.7. The normalized spacial score (nSPS) is 11.8. The number of methoxy groups -OCH3 is 2. The van der Waals surface area contributed by atoms with Crippen molar-refractivity contribution in [2.75, 3.05) is 25.1 Å². The molecule has 45 heavy (non-hydrogen) atoms. The highest BCUT2D eigenvalue weighted by molar-refractivity contribution is 7.92. The highest BCUT2D eigenvalue weighted by atomic mass is 32.2. The number of rotatable bonds is 14. The van der Waals surface area contributed by atoms with Crippen LogP contribution in [0.25, 0.3) is 0 Å². The summed E-state index contributed by atoms with van der Waals surface area (Å²) in [4.78, 5) is 29.8. The molecule has 2 amide bonds. The number of amides is 2. The van der Waals surface area contributed by atoms with Crippen molar-refractivity contribution in [2.24, 2.45) is 0 Å². The van der Waals surface area contributed by atoms with Gasteiger partial charge in [-0.05, 0) is 49.2 Å². The van der Waals surface area contributed by atoms with E-state index in [-0.39, 0.29) is 41.2 Å². The van der Waals surface area contributed by atoms with Crippen LogP contribution in [-0.4, -0.2) is 58.0 Å². The molecule has 0 radical (unpaired) electrons. The van der Waals surface area contributed by atoms with E-state index in [0.717, 1.165) is 15.4 Å². The highest BCUT2D eigenvalue weighted by Crippen LogP contribution is 2.36. The van der Waals surface area contributed by atoms with Gasteiger partial charge in [-0.2, -0.15) is 0 Å². The topological polar surface area (TPSA) is 105 Å². The Kier molecular flexibility index (Phi) is 11.2. The van der Waals surface area contributed by atoms with E-state index < -0.39 is 28.5 Å². The first kappa shape index (κ1) is 33.1. The average molecular weight is 630 g/mol. The Morgan fingerprint density at radius 1 is 0.778 bits per heavy atom. The van der Waals surface area contributed by atoms with E-state index in [1.807, 2.05) is 74.5 Å². The number of anilines is 1. The van der Waals surface area contributed by atoms with Crippen molar-refractivity contribution in [2.45, 2.75) is 43.8 Å². The number of hydrogen-bond donors (Lipinski definition) is 1. The number of nitrogens with one attached hydrogen (secondary N) is 1. The van der Waals surface area contributed by atoms with Crippen molar-refractivity contribution < 1.29 is 27.5 Å². The zero-order valence-electron chi connectivity index (χ0n) is 25.9. The average Bonchev–Trinajstić information content (AvgIpc) is 3.05. The lowest BCUT2D eigenvalue weighted by Gasteiger charge is -2.34. The molecule has 4 aromatic rings. The number of carbonyl (C=O) groups excluding carboxylic acids is 2. The van der Waals surface area contributed by atoms with Crippen molar-refractivity contribution >= 4 is 27.5 Å². The predicted molar refractivity (Wildman–Crippen MR) is 175 cm³/mol. The second kappa shape index (κ2) is 15.3. The first-order valence-corrected chi connectivity index (χ1v) is 16.1. The van der Waals surface area contributed by atoms with E-state index in [1.165, 1.54) is 37.3 Å². The van der Waals surface area contributed by atoms with E-state index >= 15 is 0 Å². The summed E-state index contributed by atoms with van der Waals surface area (Å²) in [5.74, 6) is -0.292. The zero-order chi connectivity index (χ0) is 32.4. The van der Waals surface area contributed by atoms with Gasteiger partial charge in [0.15, 0.2) is 0 Å². The number of nitrogens with zero attached hydrogens (tertiary/aromatic N) is 2. The van der Waals surface area contributed by atoms with Gasteiger partial charge in [-0.3, -0.25) is 13.9 Å². The van der Waals surface area contributed by atoms with E-state index in [0.29, 0.717) is 5.75 Å². The monoisotopic (exact) mass is 629 g/mol. The maximum absolute atomic E-state index is 14.6. The fourth-order valence-electron chi connectivity index (χ4n) is 4.94. The smallest absolute Gasteiger partial charge is 0.264 e. The van der Waals surface area contributed by atoms with Crippen LogP contribution in [0.5, 0.6) is 11.5 Å². The van der Waals surface area contributed by atoms with Gasteiger partial charge < -0.3 is 19.7 Å². The van der Waals surface area contributed by atoms with Crippen molar-refractivity contribution in [3.05, 3.63) is 120 Å². The van der Waals surface area contributed by atoms with E-state index in [4.69, 9.17) is 9.47 Å². The SMILES string of the molecule is COc1ccc(OC)c(N(CC(=O)N(Cc2ccccc2)[C@H](Cc2ccccc2)C(=O)NC(C)C)S(=O)(=O)c2ccccc2)c1. The van der Waals surface area contributed by atoms with E-state index in [9.17, 15) is 18.0 Å². The quantitative estimate of drug-likeness (QED) is 0.209. The molecule has 9 nitrogen and oxygen atoms in total. The van der Waals surface area contributed by atoms with Crippen LogP contribution in [0.2, 0.25) is 0 Å². The largest absolute Gasteiger partial charge is 0.497 e. The molecule has 1 N–H and O–H groups in total. The molecule has 1 atom stereocenters. The van der Waals surface area contributed by atoms with Crippen molar-refractivity contribution in [1.82, 2.24) is 10.2 Å². The summed E-state index contributed by atoms with van der Waals surface area (Å²) in [5, 5.41) is 2.96. The molecular formula is C35H39N3O6S. The van der Waals surface area contributed by atoms with Crippen LogP contribution in [0.4, 0.5) is 5.69 Å². The third-order valence-corrected chi connectivity index (χ3v) is 8.94. The standard InChI is InChI=1S/C35H39N3O6S/c1-26(2)36-35(40)32(22-27-14-8-5-9-15-27)37(24-28-16-10-6-11-17-28)34(39)25-38(45(41,42)30-18-12-7-13-19-30)31-23-29(43-3)20-21-33(31)44-4/h5-21,23,26,32H,22,24-25H2,1-4H3,(H,36,40)/t32-/m1/s1.